The summed E-state index contributed by atoms with van der Waals surface area (Å²) in [5.74, 6) is -0.827. The third-order valence-corrected chi connectivity index (χ3v) is 3.15. The Morgan fingerprint density at radius 1 is 1.47 bits per heavy atom. The molecule has 1 N–H and O–H groups in total. The Bertz CT molecular complexity index is 462. The quantitative estimate of drug-likeness (QED) is 0.605. The molecule has 0 saturated heterocycles. The van der Waals surface area contributed by atoms with Gasteiger partial charge in [0.05, 0.1) is 4.92 Å². The van der Waals surface area contributed by atoms with E-state index in [1.54, 1.807) is 18.2 Å². The van der Waals surface area contributed by atoms with Gasteiger partial charge < -0.3 is 5.11 Å². The molecule has 0 spiro atoms. The molecule has 6 heteroatoms. The lowest BCUT2D eigenvalue weighted by atomic mass is 10.0. The first-order valence-corrected chi connectivity index (χ1v) is 6.09. The van der Waals surface area contributed by atoms with E-state index in [9.17, 15) is 14.9 Å². The van der Waals surface area contributed by atoms with Crippen molar-refractivity contribution >= 4 is 11.7 Å². The maximum absolute atomic E-state index is 11.0. The van der Waals surface area contributed by atoms with E-state index in [4.69, 9.17) is 5.11 Å². The number of carboxylic acid groups (broad SMARTS) is 1. The van der Waals surface area contributed by atoms with Crippen molar-refractivity contribution in [2.75, 3.05) is 13.6 Å². The van der Waals surface area contributed by atoms with Crippen molar-refractivity contribution in [1.29, 1.82) is 0 Å². The van der Waals surface area contributed by atoms with Crippen LogP contribution in [-0.4, -0.2) is 34.5 Å². The fourth-order valence-corrected chi connectivity index (χ4v) is 1.92. The third kappa shape index (κ3) is 4.33. The molecule has 0 saturated carbocycles. The van der Waals surface area contributed by atoms with Crippen LogP contribution in [-0.2, 0) is 4.79 Å². The average molecular weight is 266 g/mol. The van der Waals surface area contributed by atoms with Gasteiger partial charge in [0.15, 0.2) is 0 Å². The summed E-state index contributed by atoms with van der Waals surface area (Å²) in [6.07, 6.45) is 0.630. The third-order valence-electron chi connectivity index (χ3n) is 3.15. The average Bonchev–Trinajstić information content (AvgIpc) is 2.37. The zero-order valence-corrected chi connectivity index (χ0v) is 11.1. The molecule has 1 unspecified atom stereocenters. The van der Waals surface area contributed by atoms with Gasteiger partial charge in [0.25, 0.3) is 5.69 Å². The number of nitro groups is 1. The minimum atomic E-state index is -0.827. The highest BCUT2D eigenvalue weighted by atomic mass is 16.6. The van der Waals surface area contributed by atoms with Crippen LogP contribution in [0.4, 0.5) is 5.69 Å². The van der Waals surface area contributed by atoms with Crippen molar-refractivity contribution in [2.45, 2.75) is 25.8 Å². The van der Waals surface area contributed by atoms with Crippen molar-refractivity contribution in [3.05, 3.63) is 39.9 Å². The van der Waals surface area contributed by atoms with Crippen LogP contribution in [0.2, 0.25) is 0 Å². The lowest BCUT2D eigenvalue weighted by Gasteiger charge is -2.24. The zero-order valence-electron chi connectivity index (χ0n) is 11.1. The molecule has 0 amide bonds. The van der Waals surface area contributed by atoms with Crippen LogP contribution >= 0.6 is 0 Å². The van der Waals surface area contributed by atoms with Gasteiger partial charge in [0.2, 0.25) is 0 Å². The molecule has 1 rings (SSSR count). The fraction of sp³-hybridized carbons (Fsp3) is 0.462. The summed E-state index contributed by atoms with van der Waals surface area (Å²) >= 11 is 0. The standard InChI is InChI=1S/C13H18N2O4/c1-10(14(2)9-5-8-13(16)17)11-6-3-4-7-12(11)15(18)19/h3-4,6-7,10H,5,8-9H2,1-2H3,(H,16,17). The fourth-order valence-electron chi connectivity index (χ4n) is 1.92. The molecule has 1 aromatic carbocycles. The molecule has 0 aliphatic heterocycles. The number of rotatable bonds is 7. The zero-order chi connectivity index (χ0) is 14.4. The Labute approximate surface area is 111 Å². The van der Waals surface area contributed by atoms with E-state index in [-0.39, 0.29) is 18.2 Å². The molecule has 0 aromatic heterocycles. The number of para-hydroxylation sites is 1. The van der Waals surface area contributed by atoms with Gasteiger partial charge in [-0.1, -0.05) is 18.2 Å². The van der Waals surface area contributed by atoms with Crippen molar-refractivity contribution < 1.29 is 14.8 Å². The summed E-state index contributed by atoms with van der Waals surface area (Å²) in [4.78, 5) is 22.9. The van der Waals surface area contributed by atoms with E-state index in [1.807, 2.05) is 18.9 Å². The number of nitro benzene ring substituents is 1. The number of aliphatic carboxylic acids is 1. The molecular weight excluding hydrogens is 248 g/mol. The summed E-state index contributed by atoms with van der Waals surface area (Å²) in [5, 5.41) is 19.6. The summed E-state index contributed by atoms with van der Waals surface area (Å²) < 4.78 is 0. The lowest BCUT2D eigenvalue weighted by molar-refractivity contribution is -0.385. The smallest absolute Gasteiger partial charge is 0.303 e. The highest BCUT2D eigenvalue weighted by Crippen LogP contribution is 2.27. The predicted octanol–water partition coefficient (Wildman–Crippen LogP) is 2.45. The summed E-state index contributed by atoms with van der Waals surface area (Å²) in [7, 11) is 1.84. The molecule has 104 valence electrons. The number of hydrogen-bond acceptors (Lipinski definition) is 4. The van der Waals surface area contributed by atoms with E-state index in [0.29, 0.717) is 18.5 Å². The van der Waals surface area contributed by atoms with Crippen LogP contribution in [0.3, 0.4) is 0 Å². The Kier molecular flexibility index (Phi) is 5.44. The first-order valence-electron chi connectivity index (χ1n) is 6.09. The molecule has 1 aromatic rings. The van der Waals surface area contributed by atoms with Crippen molar-refractivity contribution in [3.63, 3.8) is 0 Å². The summed E-state index contributed by atoms with van der Waals surface area (Å²) in [5.41, 5.74) is 0.741. The van der Waals surface area contributed by atoms with Crippen LogP contribution in [0.5, 0.6) is 0 Å². The second-order valence-electron chi connectivity index (χ2n) is 4.47. The van der Waals surface area contributed by atoms with E-state index in [1.165, 1.54) is 6.07 Å². The number of hydrogen-bond donors (Lipinski definition) is 1. The SMILES string of the molecule is CC(c1ccccc1[N+](=O)[O-])N(C)CCCC(=O)O. The van der Waals surface area contributed by atoms with Gasteiger partial charge in [-0.05, 0) is 26.9 Å². The Morgan fingerprint density at radius 3 is 2.68 bits per heavy atom. The first-order chi connectivity index (χ1) is 8.93. The molecule has 19 heavy (non-hydrogen) atoms. The van der Waals surface area contributed by atoms with Crippen LogP contribution in [0.25, 0.3) is 0 Å². The van der Waals surface area contributed by atoms with E-state index in [2.05, 4.69) is 0 Å². The van der Waals surface area contributed by atoms with E-state index < -0.39 is 10.9 Å². The molecule has 0 bridgehead atoms. The molecule has 1 atom stereocenters. The van der Waals surface area contributed by atoms with Gasteiger partial charge in [-0.25, -0.2) is 0 Å². The Morgan fingerprint density at radius 2 is 2.11 bits per heavy atom. The van der Waals surface area contributed by atoms with Gasteiger partial charge in [-0.2, -0.15) is 0 Å². The maximum atomic E-state index is 11.0. The minimum Gasteiger partial charge on any atom is -0.481 e. The second kappa shape index (κ2) is 6.84. The Balaban J connectivity index is 2.73. The highest BCUT2D eigenvalue weighted by molar-refractivity contribution is 5.66. The highest BCUT2D eigenvalue weighted by Gasteiger charge is 2.20. The van der Waals surface area contributed by atoms with Crippen LogP contribution in [0.15, 0.2) is 24.3 Å². The topological polar surface area (TPSA) is 83.7 Å². The number of carboxylic acids is 1. The van der Waals surface area contributed by atoms with Crippen molar-refractivity contribution in [3.8, 4) is 0 Å². The molecule has 0 fully saturated rings. The van der Waals surface area contributed by atoms with Crippen molar-refractivity contribution in [2.24, 2.45) is 0 Å². The van der Waals surface area contributed by atoms with E-state index >= 15 is 0 Å². The van der Waals surface area contributed by atoms with Crippen LogP contribution < -0.4 is 0 Å². The van der Waals surface area contributed by atoms with Crippen molar-refractivity contribution in [1.82, 2.24) is 4.90 Å². The minimum absolute atomic E-state index is 0.0973. The molecule has 0 aliphatic rings. The predicted molar refractivity (Wildman–Crippen MR) is 71.0 cm³/mol. The summed E-state index contributed by atoms with van der Waals surface area (Å²) in [6.45, 7) is 2.46. The molecule has 0 radical (unpaired) electrons. The number of benzene rings is 1. The first kappa shape index (κ1) is 15.1. The second-order valence-corrected chi connectivity index (χ2v) is 4.47. The van der Waals surface area contributed by atoms with Gasteiger partial charge in [0.1, 0.15) is 0 Å². The van der Waals surface area contributed by atoms with E-state index in [0.717, 1.165) is 0 Å². The molecular formula is C13H18N2O4. The van der Waals surface area contributed by atoms with Gasteiger partial charge in [-0.3, -0.25) is 19.8 Å². The van der Waals surface area contributed by atoms with Gasteiger partial charge >= 0.3 is 5.97 Å². The van der Waals surface area contributed by atoms with Crippen LogP contribution in [0.1, 0.15) is 31.4 Å². The van der Waals surface area contributed by atoms with Crippen LogP contribution in [0, 0.1) is 10.1 Å². The molecule has 6 nitrogen and oxygen atoms in total. The number of nitrogens with zero attached hydrogens (tertiary/aromatic N) is 2. The Hall–Kier alpha value is -1.95. The summed E-state index contributed by atoms with van der Waals surface area (Å²) in [6, 6.07) is 6.49. The maximum Gasteiger partial charge on any atom is 0.303 e. The van der Waals surface area contributed by atoms with Gasteiger partial charge in [-0.15, -0.1) is 0 Å². The normalized spacial score (nSPS) is 12.4. The van der Waals surface area contributed by atoms with Gasteiger partial charge in [0, 0.05) is 24.1 Å². The lowest BCUT2D eigenvalue weighted by Crippen LogP contribution is -2.24. The molecule has 0 heterocycles. The monoisotopic (exact) mass is 266 g/mol. The molecule has 0 aliphatic carbocycles. The number of carbonyl (C=O) groups is 1. The largest absolute Gasteiger partial charge is 0.481 e.